The van der Waals surface area contributed by atoms with Crippen LogP contribution in [0.5, 0.6) is 0 Å². The Balaban J connectivity index is 2.24. The van der Waals surface area contributed by atoms with E-state index in [1.807, 2.05) is 13.8 Å². The predicted molar refractivity (Wildman–Crippen MR) is 63.4 cm³/mol. The Morgan fingerprint density at radius 3 is 3.06 bits per heavy atom. The zero-order chi connectivity index (χ0) is 11.7. The van der Waals surface area contributed by atoms with Crippen LogP contribution in [-0.2, 0) is 11.3 Å². The smallest absolute Gasteiger partial charge is 0.231 e. The summed E-state index contributed by atoms with van der Waals surface area (Å²) in [5.41, 5.74) is 8.32. The van der Waals surface area contributed by atoms with E-state index in [2.05, 4.69) is 20.1 Å². The van der Waals surface area contributed by atoms with Gasteiger partial charge in [0.1, 0.15) is 0 Å². The van der Waals surface area contributed by atoms with Crippen molar-refractivity contribution in [1.82, 2.24) is 14.7 Å². The molecule has 2 aromatic heterocycles. The van der Waals surface area contributed by atoms with Crippen molar-refractivity contribution in [2.24, 2.45) is 5.73 Å². The maximum Gasteiger partial charge on any atom is 0.231 e. The summed E-state index contributed by atoms with van der Waals surface area (Å²) in [4.78, 5) is 16.1. The molecule has 86 valence electrons. The number of aromatic nitrogens is 2. The lowest BCUT2D eigenvalue weighted by Crippen LogP contribution is -2.28. The molecule has 0 radical (unpaired) electrons. The van der Waals surface area contributed by atoms with Gasteiger partial charge in [0.15, 0.2) is 4.96 Å². The summed E-state index contributed by atoms with van der Waals surface area (Å²) in [6, 6.07) is 0. The van der Waals surface area contributed by atoms with Gasteiger partial charge in [-0.15, -0.1) is 11.3 Å². The van der Waals surface area contributed by atoms with Crippen LogP contribution < -0.4 is 11.1 Å². The van der Waals surface area contributed by atoms with Gasteiger partial charge in [-0.05, 0) is 13.8 Å². The molecule has 0 aliphatic heterocycles. The summed E-state index contributed by atoms with van der Waals surface area (Å²) in [6.07, 6.45) is 0. The molecule has 0 saturated heterocycles. The van der Waals surface area contributed by atoms with Gasteiger partial charge in [-0.3, -0.25) is 9.20 Å². The van der Waals surface area contributed by atoms with Crippen molar-refractivity contribution in [2.75, 3.05) is 6.54 Å². The normalized spacial score (nSPS) is 11.1. The number of hydrogen-bond acceptors (Lipinski definition) is 4. The van der Waals surface area contributed by atoms with Gasteiger partial charge in [-0.2, -0.15) is 0 Å². The number of fused-ring (bicyclic) bond motifs is 1. The molecule has 2 aromatic rings. The van der Waals surface area contributed by atoms with Crippen LogP contribution in [0.3, 0.4) is 0 Å². The highest BCUT2D eigenvalue weighted by Crippen LogP contribution is 2.20. The average molecular weight is 238 g/mol. The number of imidazole rings is 1. The van der Waals surface area contributed by atoms with Crippen molar-refractivity contribution in [3.63, 3.8) is 0 Å². The fourth-order valence-corrected chi connectivity index (χ4v) is 2.61. The lowest BCUT2D eigenvalue weighted by Gasteiger charge is -2.03. The molecule has 0 atom stereocenters. The van der Waals surface area contributed by atoms with Gasteiger partial charge < -0.3 is 11.1 Å². The molecule has 0 unspecified atom stereocenters. The third kappa shape index (κ3) is 1.94. The van der Waals surface area contributed by atoms with Crippen molar-refractivity contribution in [2.45, 2.75) is 20.4 Å². The van der Waals surface area contributed by atoms with E-state index >= 15 is 0 Å². The zero-order valence-corrected chi connectivity index (χ0v) is 10.1. The van der Waals surface area contributed by atoms with Crippen LogP contribution >= 0.6 is 11.3 Å². The first-order valence-corrected chi connectivity index (χ1v) is 5.88. The van der Waals surface area contributed by atoms with Gasteiger partial charge in [0.2, 0.25) is 5.91 Å². The lowest BCUT2D eigenvalue weighted by atomic mass is 10.3. The van der Waals surface area contributed by atoms with Crippen molar-refractivity contribution in [3.8, 4) is 0 Å². The number of rotatable bonds is 4. The van der Waals surface area contributed by atoms with Gasteiger partial charge in [-0.25, -0.2) is 4.98 Å². The fraction of sp³-hybridized carbons (Fsp3) is 0.400. The molecule has 16 heavy (non-hydrogen) atoms. The van der Waals surface area contributed by atoms with Crippen molar-refractivity contribution in [1.29, 1.82) is 0 Å². The molecule has 6 heteroatoms. The Kier molecular flexibility index (Phi) is 2.93. The molecule has 5 nitrogen and oxygen atoms in total. The topological polar surface area (TPSA) is 72.4 Å². The minimum atomic E-state index is -0.347. The number of nitrogens with two attached hydrogens (primary N) is 1. The minimum Gasteiger partial charge on any atom is -0.369 e. The first-order valence-electron chi connectivity index (χ1n) is 5.00. The molecule has 0 aliphatic carbocycles. The number of amides is 1. The van der Waals surface area contributed by atoms with E-state index in [0.29, 0.717) is 6.54 Å². The van der Waals surface area contributed by atoms with Gasteiger partial charge in [0.25, 0.3) is 0 Å². The van der Waals surface area contributed by atoms with E-state index in [9.17, 15) is 4.79 Å². The average Bonchev–Trinajstić information content (AvgIpc) is 2.69. The SMILES string of the molecule is Cc1nc2scc(C)n2c1CNCC(N)=O. The van der Waals surface area contributed by atoms with E-state index in [1.165, 1.54) is 0 Å². The molecule has 0 bridgehead atoms. The van der Waals surface area contributed by atoms with E-state index in [1.54, 1.807) is 11.3 Å². The Bertz CT molecular complexity index is 528. The van der Waals surface area contributed by atoms with Crippen LogP contribution in [0.2, 0.25) is 0 Å². The van der Waals surface area contributed by atoms with Crippen LogP contribution in [0, 0.1) is 13.8 Å². The number of thiazole rings is 1. The maximum atomic E-state index is 10.6. The van der Waals surface area contributed by atoms with Crippen LogP contribution in [0.25, 0.3) is 4.96 Å². The molecule has 2 heterocycles. The largest absolute Gasteiger partial charge is 0.369 e. The highest BCUT2D eigenvalue weighted by atomic mass is 32.1. The summed E-state index contributed by atoms with van der Waals surface area (Å²) in [5, 5.41) is 5.08. The van der Waals surface area contributed by atoms with Gasteiger partial charge in [-0.1, -0.05) is 0 Å². The van der Waals surface area contributed by atoms with Crippen molar-refractivity contribution >= 4 is 22.2 Å². The second-order valence-corrected chi connectivity index (χ2v) is 4.55. The Hall–Kier alpha value is -1.40. The zero-order valence-electron chi connectivity index (χ0n) is 9.28. The number of nitrogens with zero attached hydrogens (tertiary/aromatic N) is 2. The second kappa shape index (κ2) is 4.23. The number of aryl methyl sites for hydroxylation is 2. The van der Waals surface area contributed by atoms with E-state index in [0.717, 1.165) is 22.0 Å². The van der Waals surface area contributed by atoms with Crippen LogP contribution in [-0.4, -0.2) is 21.8 Å². The molecule has 3 N–H and O–H groups in total. The van der Waals surface area contributed by atoms with E-state index < -0.39 is 0 Å². The van der Waals surface area contributed by atoms with Crippen LogP contribution in [0.4, 0.5) is 0 Å². The second-order valence-electron chi connectivity index (χ2n) is 3.71. The third-order valence-electron chi connectivity index (χ3n) is 2.42. The van der Waals surface area contributed by atoms with Crippen molar-refractivity contribution < 1.29 is 4.79 Å². The molecule has 0 aromatic carbocycles. The molecular weight excluding hydrogens is 224 g/mol. The highest BCUT2D eigenvalue weighted by molar-refractivity contribution is 7.15. The summed E-state index contributed by atoms with van der Waals surface area (Å²) < 4.78 is 2.11. The number of carbonyl (C=O) groups is 1. The summed E-state index contributed by atoms with van der Waals surface area (Å²) >= 11 is 1.62. The molecule has 1 amide bonds. The first kappa shape index (κ1) is 11.1. The summed E-state index contributed by atoms with van der Waals surface area (Å²) in [7, 11) is 0. The predicted octanol–water partition coefficient (Wildman–Crippen LogP) is 0.588. The standard InChI is InChI=1S/C10H14N4OS/c1-6-5-16-10-13-7(2)8(14(6)10)3-12-4-9(11)15/h5,12H,3-4H2,1-2H3,(H2,11,15). The van der Waals surface area contributed by atoms with Gasteiger partial charge in [0, 0.05) is 17.6 Å². The summed E-state index contributed by atoms with van der Waals surface area (Å²) in [5.74, 6) is -0.347. The molecule has 0 aliphatic rings. The van der Waals surface area contributed by atoms with Gasteiger partial charge >= 0.3 is 0 Å². The molecule has 0 saturated carbocycles. The molecule has 2 rings (SSSR count). The van der Waals surface area contributed by atoms with E-state index in [-0.39, 0.29) is 12.5 Å². The van der Waals surface area contributed by atoms with Crippen LogP contribution in [0.15, 0.2) is 5.38 Å². The Labute approximate surface area is 97.3 Å². The maximum absolute atomic E-state index is 10.6. The molecular formula is C10H14N4OS. The van der Waals surface area contributed by atoms with Crippen molar-refractivity contribution in [3.05, 3.63) is 22.5 Å². The Morgan fingerprint density at radius 2 is 2.38 bits per heavy atom. The number of hydrogen-bond donors (Lipinski definition) is 2. The quantitative estimate of drug-likeness (QED) is 0.818. The van der Waals surface area contributed by atoms with Gasteiger partial charge in [0.05, 0.1) is 17.9 Å². The fourth-order valence-electron chi connectivity index (χ4n) is 1.68. The first-order chi connectivity index (χ1) is 7.59. The number of primary amides is 1. The minimum absolute atomic E-state index is 0.190. The monoisotopic (exact) mass is 238 g/mol. The summed E-state index contributed by atoms with van der Waals surface area (Å²) in [6.45, 7) is 4.81. The Morgan fingerprint density at radius 1 is 1.62 bits per heavy atom. The van der Waals surface area contributed by atoms with Crippen LogP contribution in [0.1, 0.15) is 17.1 Å². The lowest BCUT2D eigenvalue weighted by molar-refractivity contribution is -0.117. The molecule has 0 spiro atoms. The number of nitrogens with one attached hydrogen (secondary N) is 1. The van der Waals surface area contributed by atoms with E-state index in [4.69, 9.17) is 5.73 Å². The highest BCUT2D eigenvalue weighted by Gasteiger charge is 2.11. The number of carbonyl (C=O) groups excluding carboxylic acids is 1. The molecule has 0 fully saturated rings. The third-order valence-corrected chi connectivity index (χ3v) is 3.37.